The first-order chi connectivity index (χ1) is 8.74. The number of nitrogens with one attached hydrogen (secondary N) is 1. The van der Waals surface area contributed by atoms with Gasteiger partial charge in [0, 0.05) is 17.1 Å². The van der Waals surface area contributed by atoms with Gasteiger partial charge >= 0.3 is 12.3 Å². The predicted molar refractivity (Wildman–Crippen MR) is 62.6 cm³/mol. The quantitative estimate of drug-likeness (QED) is 0.793. The summed E-state index contributed by atoms with van der Waals surface area (Å²) in [5.74, 6) is -4.77. The number of primary amides is 1. The second-order valence-electron chi connectivity index (χ2n) is 3.84. The molecule has 0 unspecified atom stereocenters. The van der Waals surface area contributed by atoms with Gasteiger partial charge in [-0.05, 0) is 17.7 Å². The van der Waals surface area contributed by atoms with E-state index in [9.17, 15) is 22.4 Å². The molecule has 0 bridgehead atoms. The summed E-state index contributed by atoms with van der Waals surface area (Å²) in [5.41, 5.74) is 5.60. The van der Waals surface area contributed by atoms with Crippen molar-refractivity contribution in [3.05, 3.63) is 34.3 Å². The first kappa shape index (κ1) is 15.7. The van der Waals surface area contributed by atoms with E-state index in [1.165, 1.54) is 18.2 Å². The number of amides is 1. The average Bonchev–Trinajstić information content (AvgIpc) is 2.30. The van der Waals surface area contributed by atoms with Gasteiger partial charge < -0.3 is 11.1 Å². The van der Waals surface area contributed by atoms with Crippen LogP contribution in [-0.2, 0) is 6.54 Å². The molecular formula is C11H11ClF4N2O. The van der Waals surface area contributed by atoms with E-state index in [2.05, 4.69) is 5.32 Å². The van der Waals surface area contributed by atoms with Crippen LogP contribution in [0.25, 0.3) is 0 Å². The maximum absolute atomic E-state index is 12.6. The maximum atomic E-state index is 12.6. The number of alkyl halides is 4. The number of carbonyl (C=O) groups excluding carboxylic acids is 1. The standard InChI is InChI=1S/C11H11ClF4N2O/c12-8-3-6(9(17)19)1-2-7(8)4-18-5-11(15,16)10(13)14/h1-3,10,18H,4-5H2,(H2,17,19). The molecule has 0 spiro atoms. The van der Waals surface area contributed by atoms with Crippen molar-refractivity contribution in [2.75, 3.05) is 6.54 Å². The van der Waals surface area contributed by atoms with Gasteiger partial charge in [-0.2, -0.15) is 8.78 Å². The van der Waals surface area contributed by atoms with Gasteiger partial charge in [-0.15, -0.1) is 0 Å². The highest BCUT2D eigenvalue weighted by molar-refractivity contribution is 6.31. The van der Waals surface area contributed by atoms with Crippen molar-refractivity contribution in [2.45, 2.75) is 18.9 Å². The van der Waals surface area contributed by atoms with Crippen LogP contribution in [0.4, 0.5) is 17.6 Å². The van der Waals surface area contributed by atoms with Crippen molar-refractivity contribution in [1.29, 1.82) is 0 Å². The Morgan fingerprint density at radius 2 is 2.05 bits per heavy atom. The molecule has 3 N–H and O–H groups in total. The molecule has 0 aliphatic rings. The van der Waals surface area contributed by atoms with E-state index >= 15 is 0 Å². The van der Waals surface area contributed by atoms with Crippen LogP contribution in [0.5, 0.6) is 0 Å². The van der Waals surface area contributed by atoms with E-state index in [1.54, 1.807) is 0 Å². The normalized spacial score (nSPS) is 11.9. The van der Waals surface area contributed by atoms with E-state index in [0.29, 0.717) is 5.56 Å². The minimum atomic E-state index is -4.10. The van der Waals surface area contributed by atoms with Crippen molar-refractivity contribution in [3.63, 3.8) is 0 Å². The molecule has 3 nitrogen and oxygen atoms in total. The first-order valence-electron chi connectivity index (χ1n) is 5.19. The summed E-state index contributed by atoms with van der Waals surface area (Å²) >= 11 is 5.80. The molecule has 0 atom stereocenters. The van der Waals surface area contributed by atoms with Crippen LogP contribution >= 0.6 is 11.6 Å². The van der Waals surface area contributed by atoms with Gasteiger partial charge in [-0.25, -0.2) is 8.78 Å². The highest BCUT2D eigenvalue weighted by Gasteiger charge is 2.39. The Kier molecular flexibility index (Phi) is 5.13. The van der Waals surface area contributed by atoms with E-state index in [0.717, 1.165) is 0 Å². The van der Waals surface area contributed by atoms with Gasteiger partial charge in [-0.1, -0.05) is 17.7 Å². The van der Waals surface area contributed by atoms with Crippen LogP contribution in [0.2, 0.25) is 5.02 Å². The van der Waals surface area contributed by atoms with Crippen LogP contribution in [0.15, 0.2) is 18.2 Å². The maximum Gasteiger partial charge on any atom is 0.319 e. The third-order valence-corrected chi connectivity index (χ3v) is 2.68. The summed E-state index contributed by atoms with van der Waals surface area (Å²) in [4.78, 5) is 10.9. The third kappa shape index (κ3) is 4.36. The Bertz CT molecular complexity index is 468. The van der Waals surface area contributed by atoms with E-state index in [4.69, 9.17) is 17.3 Å². The van der Waals surface area contributed by atoms with Crippen LogP contribution in [-0.4, -0.2) is 24.8 Å². The first-order valence-corrected chi connectivity index (χ1v) is 5.57. The van der Waals surface area contributed by atoms with E-state index in [-0.39, 0.29) is 17.1 Å². The lowest BCUT2D eigenvalue weighted by molar-refractivity contribution is -0.125. The Morgan fingerprint density at radius 1 is 1.42 bits per heavy atom. The Hall–Kier alpha value is -1.34. The van der Waals surface area contributed by atoms with E-state index < -0.39 is 24.8 Å². The minimum absolute atomic E-state index is 0.125. The van der Waals surface area contributed by atoms with Crippen LogP contribution in [0, 0.1) is 0 Å². The molecule has 106 valence electrons. The van der Waals surface area contributed by atoms with Gasteiger partial charge in [-0.3, -0.25) is 4.79 Å². The van der Waals surface area contributed by atoms with Gasteiger partial charge in [0.15, 0.2) is 0 Å². The molecule has 8 heteroatoms. The van der Waals surface area contributed by atoms with Crippen molar-refractivity contribution >= 4 is 17.5 Å². The largest absolute Gasteiger partial charge is 0.366 e. The lowest BCUT2D eigenvalue weighted by Gasteiger charge is -2.16. The monoisotopic (exact) mass is 298 g/mol. The number of nitrogens with two attached hydrogens (primary N) is 1. The average molecular weight is 299 g/mol. The smallest absolute Gasteiger partial charge is 0.319 e. The Balaban J connectivity index is 2.62. The van der Waals surface area contributed by atoms with Crippen LogP contribution < -0.4 is 11.1 Å². The summed E-state index contributed by atoms with van der Waals surface area (Å²) < 4.78 is 49.0. The fraction of sp³-hybridized carbons (Fsp3) is 0.364. The Labute approximate surface area is 111 Å². The zero-order chi connectivity index (χ0) is 14.6. The lowest BCUT2D eigenvalue weighted by atomic mass is 10.1. The number of carbonyl (C=O) groups is 1. The molecule has 0 aromatic heterocycles. The summed E-state index contributed by atoms with van der Waals surface area (Å²) in [6, 6.07) is 4.07. The number of hydrogen-bond acceptors (Lipinski definition) is 2. The minimum Gasteiger partial charge on any atom is -0.366 e. The van der Waals surface area contributed by atoms with Crippen molar-refractivity contribution < 1.29 is 22.4 Å². The Morgan fingerprint density at radius 3 is 2.53 bits per heavy atom. The highest BCUT2D eigenvalue weighted by Crippen LogP contribution is 2.22. The lowest BCUT2D eigenvalue weighted by Crippen LogP contribution is -2.38. The van der Waals surface area contributed by atoms with Gasteiger partial charge in [0.25, 0.3) is 0 Å². The number of hydrogen-bond donors (Lipinski definition) is 2. The molecule has 1 aromatic carbocycles. The van der Waals surface area contributed by atoms with Crippen molar-refractivity contribution in [2.24, 2.45) is 5.73 Å². The van der Waals surface area contributed by atoms with E-state index in [1.807, 2.05) is 0 Å². The summed E-state index contributed by atoms with van der Waals surface area (Å²) in [6.45, 7) is -1.29. The van der Waals surface area contributed by atoms with Crippen molar-refractivity contribution in [3.8, 4) is 0 Å². The summed E-state index contributed by atoms with van der Waals surface area (Å²) in [5, 5.41) is 2.32. The van der Waals surface area contributed by atoms with Crippen LogP contribution in [0.3, 0.4) is 0 Å². The zero-order valence-corrected chi connectivity index (χ0v) is 10.4. The molecule has 1 amide bonds. The number of benzene rings is 1. The zero-order valence-electron chi connectivity index (χ0n) is 9.60. The van der Waals surface area contributed by atoms with Crippen molar-refractivity contribution in [1.82, 2.24) is 5.32 Å². The molecule has 0 saturated carbocycles. The number of halogens is 5. The van der Waals surface area contributed by atoms with Crippen LogP contribution in [0.1, 0.15) is 15.9 Å². The third-order valence-electron chi connectivity index (χ3n) is 2.33. The fourth-order valence-electron chi connectivity index (χ4n) is 1.28. The molecular weight excluding hydrogens is 288 g/mol. The second-order valence-corrected chi connectivity index (χ2v) is 4.24. The topological polar surface area (TPSA) is 55.1 Å². The summed E-state index contributed by atoms with van der Waals surface area (Å²) in [6.07, 6.45) is -3.73. The van der Waals surface area contributed by atoms with Gasteiger partial charge in [0.1, 0.15) is 0 Å². The predicted octanol–water partition coefficient (Wildman–Crippen LogP) is 2.43. The molecule has 0 saturated heterocycles. The molecule has 0 aliphatic carbocycles. The molecule has 0 heterocycles. The fourth-order valence-corrected chi connectivity index (χ4v) is 1.53. The van der Waals surface area contributed by atoms with Gasteiger partial charge in [0.05, 0.1) is 6.54 Å². The molecule has 19 heavy (non-hydrogen) atoms. The molecule has 0 fully saturated rings. The SMILES string of the molecule is NC(=O)c1ccc(CNCC(F)(F)C(F)F)c(Cl)c1. The molecule has 1 rings (SSSR count). The number of rotatable bonds is 6. The molecule has 0 aliphatic heterocycles. The molecule has 0 radical (unpaired) electrons. The summed E-state index contributed by atoms with van der Waals surface area (Å²) in [7, 11) is 0. The van der Waals surface area contributed by atoms with Gasteiger partial charge in [0.2, 0.25) is 5.91 Å². The molecule has 1 aromatic rings. The second kappa shape index (κ2) is 6.21. The highest BCUT2D eigenvalue weighted by atomic mass is 35.5.